The molecule has 0 saturated carbocycles. The average molecular weight is 494 g/mol. The van der Waals surface area contributed by atoms with Gasteiger partial charge in [-0.2, -0.15) is 0 Å². The summed E-state index contributed by atoms with van der Waals surface area (Å²) in [5.41, 5.74) is 1.16. The van der Waals surface area contributed by atoms with Crippen molar-refractivity contribution in [3.05, 3.63) is 105 Å². The standard InChI is InChI=1S/C27H25ClFN3O3/c1-3-24(31(16-17-35-2)26(33)18-8-10-19(28)11-9-18)25-30-23-7-5-4-6-22(23)27(34)32(25)21-14-12-20(29)13-15-21/h4-15,24H,3,16-17H2,1-2H3. The Morgan fingerprint density at radius 2 is 1.77 bits per heavy atom. The van der Waals surface area contributed by atoms with Gasteiger partial charge in [0.15, 0.2) is 0 Å². The lowest BCUT2D eigenvalue weighted by Crippen LogP contribution is -2.40. The molecule has 1 amide bonds. The Hall–Kier alpha value is -3.55. The molecule has 0 saturated heterocycles. The first-order valence-electron chi connectivity index (χ1n) is 11.3. The Morgan fingerprint density at radius 1 is 1.09 bits per heavy atom. The number of carbonyl (C=O) groups excluding carboxylic acids is 1. The zero-order chi connectivity index (χ0) is 24.9. The molecule has 4 rings (SSSR count). The maximum Gasteiger partial charge on any atom is 0.266 e. The van der Waals surface area contributed by atoms with Crippen LogP contribution in [0.25, 0.3) is 16.6 Å². The fourth-order valence-corrected chi connectivity index (χ4v) is 4.23. The molecule has 0 bridgehead atoms. The summed E-state index contributed by atoms with van der Waals surface area (Å²) in [6, 6.07) is 18.8. The molecule has 35 heavy (non-hydrogen) atoms. The quantitative estimate of drug-likeness (QED) is 0.329. The largest absolute Gasteiger partial charge is 0.383 e. The monoisotopic (exact) mass is 493 g/mol. The molecular formula is C27H25ClFN3O3. The van der Waals surface area contributed by atoms with Crippen LogP contribution in [-0.4, -0.2) is 40.6 Å². The molecule has 1 aromatic heterocycles. The van der Waals surface area contributed by atoms with Gasteiger partial charge in [0.05, 0.1) is 29.2 Å². The van der Waals surface area contributed by atoms with Crippen LogP contribution in [-0.2, 0) is 4.74 Å². The molecule has 8 heteroatoms. The zero-order valence-electron chi connectivity index (χ0n) is 19.4. The number of hydrogen-bond donors (Lipinski definition) is 0. The molecule has 4 aromatic rings. The molecule has 180 valence electrons. The first-order chi connectivity index (χ1) is 16.9. The van der Waals surface area contributed by atoms with Crippen LogP contribution in [0.3, 0.4) is 0 Å². The summed E-state index contributed by atoms with van der Waals surface area (Å²) in [5.74, 6) is -0.261. The van der Waals surface area contributed by atoms with Crippen molar-refractivity contribution in [2.75, 3.05) is 20.3 Å². The number of fused-ring (bicyclic) bond motifs is 1. The molecule has 0 aliphatic carbocycles. The smallest absolute Gasteiger partial charge is 0.266 e. The van der Waals surface area contributed by atoms with Gasteiger partial charge in [-0.05, 0) is 67.1 Å². The molecule has 0 radical (unpaired) electrons. The summed E-state index contributed by atoms with van der Waals surface area (Å²) in [6.07, 6.45) is 0.481. The molecule has 3 aromatic carbocycles. The number of ether oxygens (including phenoxy) is 1. The van der Waals surface area contributed by atoms with Gasteiger partial charge in [0.1, 0.15) is 11.6 Å². The number of para-hydroxylation sites is 1. The minimum Gasteiger partial charge on any atom is -0.383 e. The third-order valence-corrected chi connectivity index (χ3v) is 6.09. The van der Waals surface area contributed by atoms with E-state index in [0.29, 0.717) is 46.0 Å². The lowest BCUT2D eigenvalue weighted by atomic mass is 10.1. The number of methoxy groups -OCH3 is 1. The number of aromatic nitrogens is 2. The van der Waals surface area contributed by atoms with E-state index in [2.05, 4.69) is 0 Å². The summed E-state index contributed by atoms with van der Waals surface area (Å²) >= 11 is 6.02. The molecule has 1 unspecified atom stereocenters. The van der Waals surface area contributed by atoms with E-state index in [9.17, 15) is 14.0 Å². The maximum atomic E-state index is 13.7. The summed E-state index contributed by atoms with van der Waals surface area (Å²) in [4.78, 5) is 33.8. The topological polar surface area (TPSA) is 64.4 Å². The molecule has 1 heterocycles. The van der Waals surface area contributed by atoms with Crippen LogP contribution < -0.4 is 5.56 Å². The lowest BCUT2D eigenvalue weighted by Gasteiger charge is -2.32. The van der Waals surface area contributed by atoms with Gasteiger partial charge in [0, 0.05) is 24.2 Å². The van der Waals surface area contributed by atoms with Crippen LogP contribution in [0, 0.1) is 5.82 Å². The number of hydrogen-bond acceptors (Lipinski definition) is 4. The predicted molar refractivity (Wildman–Crippen MR) is 135 cm³/mol. The maximum absolute atomic E-state index is 13.7. The number of benzene rings is 3. The average Bonchev–Trinajstić information content (AvgIpc) is 2.87. The van der Waals surface area contributed by atoms with Crippen LogP contribution in [0.5, 0.6) is 0 Å². The molecule has 0 aliphatic heterocycles. The highest BCUT2D eigenvalue weighted by molar-refractivity contribution is 6.30. The van der Waals surface area contributed by atoms with Gasteiger partial charge in [0.2, 0.25) is 0 Å². The van der Waals surface area contributed by atoms with Gasteiger partial charge in [0.25, 0.3) is 11.5 Å². The minimum atomic E-state index is -0.560. The number of amides is 1. The van der Waals surface area contributed by atoms with Crippen molar-refractivity contribution in [1.82, 2.24) is 14.5 Å². The van der Waals surface area contributed by atoms with Crippen molar-refractivity contribution in [3.8, 4) is 5.69 Å². The van der Waals surface area contributed by atoms with Gasteiger partial charge in [-0.25, -0.2) is 9.37 Å². The normalized spacial score (nSPS) is 12.0. The molecule has 0 aliphatic rings. The van der Waals surface area contributed by atoms with E-state index < -0.39 is 11.9 Å². The van der Waals surface area contributed by atoms with Crippen LogP contribution in [0.15, 0.2) is 77.6 Å². The molecule has 6 nitrogen and oxygen atoms in total. The third kappa shape index (κ3) is 5.11. The summed E-state index contributed by atoms with van der Waals surface area (Å²) < 4.78 is 20.4. The van der Waals surface area contributed by atoms with Crippen molar-refractivity contribution in [1.29, 1.82) is 0 Å². The van der Waals surface area contributed by atoms with Crippen LogP contribution in [0.1, 0.15) is 35.6 Å². The van der Waals surface area contributed by atoms with E-state index in [0.717, 1.165) is 0 Å². The van der Waals surface area contributed by atoms with E-state index in [1.807, 2.05) is 13.0 Å². The van der Waals surface area contributed by atoms with Gasteiger partial charge >= 0.3 is 0 Å². The van der Waals surface area contributed by atoms with Gasteiger partial charge < -0.3 is 9.64 Å². The summed E-state index contributed by atoms with van der Waals surface area (Å²) in [5, 5.41) is 0.960. The third-order valence-electron chi connectivity index (χ3n) is 5.84. The van der Waals surface area contributed by atoms with Crippen molar-refractivity contribution in [2.45, 2.75) is 19.4 Å². The Bertz CT molecular complexity index is 1390. The Morgan fingerprint density at radius 3 is 2.43 bits per heavy atom. The molecule has 0 N–H and O–H groups in total. The van der Waals surface area contributed by atoms with E-state index in [1.54, 1.807) is 54.5 Å². The lowest BCUT2D eigenvalue weighted by molar-refractivity contribution is 0.0579. The first-order valence-corrected chi connectivity index (χ1v) is 11.7. The zero-order valence-corrected chi connectivity index (χ0v) is 20.2. The number of halogens is 2. The number of rotatable bonds is 8. The van der Waals surface area contributed by atoms with E-state index in [-0.39, 0.29) is 18.0 Å². The van der Waals surface area contributed by atoms with E-state index >= 15 is 0 Å². The Balaban J connectivity index is 1.92. The summed E-state index contributed by atoms with van der Waals surface area (Å²) in [7, 11) is 1.56. The van der Waals surface area contributed by atoms with Crippen LogP contribution >= 0.6 is 11.6 Å². The second-order valence-corrected chi connectivity index (χ2v) is 8.46. The van der Waals surface area contributed by atoms with Crippen molar-refractivity contribution in [2.24, 2.45) is 0 Å². The first kappa shape index (κ1) is 24.6. The van der Waals surface area contributed by atoms with E-state index in [4.69, 9.17) is 21.3 Å². The van der Waals surface area contributed by atoms with Gasteiger partial charge in [-0.3, -0.25) is 14.2 Å². The highest BCUT2D eigenvalue weighted by atomic mass is 35.5. The van der Waals surface area contributed by atoms with Gasteiger partial charge in [-0.1, -0.05) is 30.7 Å². The molecule has 0 fully saturated rings. The van der Waals surface area contributed by atoms with E-state index in [1.165, 1.54) is 28.8 Å². The Kier molecular flexibility index (Phi) is 7.58. The van der Waals surface area contributed by atoms with Crippen LogP contribution in [0.2, 0.25) is 5.02 Å². The van der Waals surface area contributed by atoms with Crippen molar-refractivity contribution in [3.63, 3.8) is 0 Å². The number of carbonyl (C=O) groups is 1. The molecule has 1 atom stereocenters. The SMILES string of the molecule is CCC(c1nc2ccccc2c(=O)n1-c1ccc(F)cc1)N(CCOC)C(=O)c1ccc(Cl)cc1. The van der Waals surface area contributed by atoms with Crippen molar-refractivity contribution >= 4 is 28.4 Å². The minimum absolute atomic E-state index is 0.237. The van der Waals surface area contributed by atoms with Crippen molar-refractivity contribution < 1.29 is 13.9 Å². The highest BCUT2D eigenvalue weighted by Gasteiger charge is 2.29. The summed E-state index contributed by atoms with van der Waals surface area (Å²) in [6.45, 7) is 2.50. The van der Waals surface area contributed by atoms with Crippen LogP contribution in [0.4, 0.5) is 4.39 Å². The van der Waals surface area contributed by atoms with Gasteiger partial charge in [-0.15, -0.1) is 0 Å². The predicted octanol–water partition coefficient (Wildman–Crippen LogP) is 5.42. The fraction of sp³-hybridized carbons (Fsp3) is 0.222. The Labute approximate surface area is 207 Å². The highest BCUT2D eigenvalue weighted by Crippen LogP contribution is 2.28. The fourth-order valence-electron chi connectivity index (χ4n) is 4.10. The second kappa shape index (κ2) is 10.8. The number of nitrogens with zero attached hydrogens (tertiary/aromatic N) is 3. The second-order valence-electron chi connectivity index (χ2n) is 8.03. The molecule has 0 spiro atoms. The molecular weight excluding hydrogens is 469 g/mol.